The number of carbonyl (C=O) groups is 2. The van der Waals surface area contributed by atoms with Crippen molar-refractivity contribution in [2.75, 3.05) is 38.7 Å². The van der Waals surface area contributed by atoms with Gasteiger partial charge in [0, 0.05) is 51.0 Å². The second-order valence-electron chi connectivity index (χ2n) is 10.8. The average molecular weight is 521 g/mol. The number of rotatable bonds is 7. The lowest BCUT2D eigenvalue weighted by Crippen LogP contribution is -2.68. The van der Waals surface area contributed by atoms with Gasteiger partial charge >= 0.3 is 0 Å². The molecule has 7 N–H and O–H groups in total. The van der Waals surface area contributed by atoms with Crippen LogP contribution in [-0.4, -0.2) is 85.9 Å². The Bertz CT molecular complexity index is 790. The molecule has 202 valence electrons. The fourth-order valence-corrected chi connectivity index (χ4v) is 7.37. The number of nitrogens with one attached hydrogen (secondary N) is 7. The zero-order valence-corrected chi connectivity index (χ0v) is 22.1. The van der Waals surface area contributed by atoms with Crippen molar-refractivity contribution in [3.8, 4) is 0 Å². The molecule has 0 bridgehead atoms. The number of nitrogens with zero attached hydrogens (tertiary/aromatic N) is 1. The van der Waals surface area contributed by atoms with Crippen molar-refractivity contribution in [3.63, 3.8) is 0 Å². The van der Waals surface area contributed by atoms with Crippen LogP contribution in [-0.2, 0) is 9.59 Å². The first-order valence-electron chi connectivity index (χ1n) is 14.0. The van der Waals surface area contributed by atoms with Crippen molar-refractivity contribution in [1.29, 1.82) is 0 Å². The Hall–Kier alpha value is -1.37. The van der Waals surface area contributed by atoms with Gasteiger partial charge in [-0.25, -0.2) is 0 Å². The summed E-state index contributed by atoms with van der Waals surface area (Å²) in [5.41, 5.74) is 0. The van der Waals surface area contributed by atoms with Crippen LogP contribution in [0.1, 0.15) is 57.8 Å². The molecular weight excluding hydrogens is 476 g/mol. The highest BCUT2D eigenvalue weighted by Gasteiger charge is 2.39. The summed E-state index contributed by atoms with van der Waals surface area (Å²) in [6.45, 7) is 3.30. The summed E-state index contributed by atoms with van der Waals surface area (Å²) >= 11 is 1.60. The van der Waals surface area contributed by atoms with Crippen LogP contribution in [0, 0.1) is 5.92 Å². The van der Waals surface area contributed by atoms with E-state index in [2.05, 4.69) is 42.1 Å². The maximum atomic E-state index is 12.8. The van der Waals surface area contributed by atoms with E-state index in [-0.39, 0.29) is 36.2 Å². The number of amides is 2. The molecule has 36 heavy (non-hydrogen) atoms. The largest absolute Gasteiger partial charge is 0.358 e. The van der Waals surface area contributed by atoms with Crippen LogP contribution in [0.5, 0.6) is 0 Å². The van der Waals surface area contributed by atoms with Gasteiger partial charge in [0.2, 0.25) is 5.91 Å². The number of fused-ring (bicyclic) bond motifs is 1. The summed E-state index contributed by atoms with van der Waals surface area (Å²) in [5, 5.41) is 23.6. The first-order chi connectivity index (χ1) is 17.7. The zero-order valence-electron chi connectivity index (χ0n) is 21.3. The van der Waals surface area contributed by atoms with Gasteiger partial charge in [0.05, 0.1) is 29.3 Å². The molecule has 5 unspecified atom stereocenters. The summed E-state index contributed by atoms with van der Waals surface area (Å²) in [6, 6.07) is 0.617. The monoisotopic (exact) mass is 520 g/mol. The Balaban J connectivity index is 1.04. The molecule has 10 nitrogen and oxygen atoms in total. The van der Waals surface area contributed by atoms with Crippen LogP contribution in [0.2, 0.25) is 0 Å². The van der Waals surface area contributed by atoms with E-state index in [0.29, 0.717) is 19.1 Å². The molecule has 11 heteroatoms. The SMILES string of the molecule is O=C(NCCNC(=O)C1CCCC(C2CCCCCC2)N1)C1=CN(C2NCNC3NCNC32)CCS1. The van der Waals surface area contributed by atoms with Gasteiger partial charge in [-0.1, -0.05) is 25.7 Å². The topological polar surface area (TPSA) is 122 Å². The molecule has 0 aromatic heterocycles. The highest BCUT2D eigenvalue weighted by Crippen LogP contribution is 2.30. The van der Waals surface area contributed by atoms with Crippen molar-refractivity contribution in [1.82, 2.24) is 42.1 Å². The van der Waals surface area contributed by atoms with Gasteiger partial charge in [-0.2, -0.15) is 0 Å². The molecule has 0 radical (unpaired) electrons. The minimum Gasteiger partial charge on any atom is -0.358 e. The lowest BCUT2D eigenvalue weighted by molar-refractivity contribution is -0.124. The van der Waals surface area contributed by atoms with Gasteiger partial charge in [0.1, 0.15) is 0 Å². The van der Waals surface area contributed by atoms with Crippen molar-refractivity contribution >= 4 is 23.6 Å². The normalized spacial score (nSPS) is 33.8. The maximum absolute atomic E-state index is 12.8. The van der Waals surface area contributed by atoms with E-state index in [1.165, 1.54) is 44.9 Å². The summed E-state index contributed by atoms with van der Waals surface area (Å²) in [6.07, 6.45) is 13.5. The number of piperidine rings is 1. The van der Waals surface area contributed by atoms with Crippen molar-refractivity contribution in [2.45, 2.75) is 88.2 Å². The number of thioether (sulfide) groups is 1. The van der Waals surface area contributed by atoms with E-state index in [4.69, 9.17) is 0 Å². The summed E-state index contributed by atoms with van der Waals surface area (Å²) < 4.78 is 0. The van der Waals surface area contributed by atoms with Crippen molar-refractivity contribution in [3.05, 3.63) is 11.1 Å². The minimum absolute atomic E-state index is 0.0637. The molecule has 2 amide bonds. The predicted octanol–water partition coefficient (Wildman–Crippen LogP) is -0.0885. The second kappa shape index (κ2) is 12.9. The Morgan fingerprint density at radius 1 is 0.917 bits per heavy atom. The molecular formula is C25H44N8O2S. The molecule has 0 spiro atoms. The average Bonchev–Trinajstić information content (AvgIpc) is 3.24. The highest BCUT2D eigenvalue weighted by molar-refractivity contribution is 8.04. The third-order valence-corrected chi connectivity index (χ3v) is 9.37. The fraction of sp³-hybridized carbons (Fsp3) is 0.840. The second-order valence-corrected chi connectivity index (χ2v) is 11.9. The molecule has 3 saturated heterocycles. The molecule has 4 heterocycles. The summed E-state index contributed by atoms with van der Waals surface area (Å²) in [4.78, 5) is 28.6. The smallest absolute Gasteiger partial charge is 0.259 e. The third kappa shape index (κ3) is 6.54. The predicted molar refractivity (Wildman–Crippen MR) is 143 cm³/mol. The molecule has 1 aliphatic carbocycles. The van der Waals surface area contributed by atoms with Gasteiger partial charge in [0.15, 0.2) is 0 Å². The Morgan fingerprint density at radius 3 is 2.53 bits per heavy atom. The number of carbonyl (C=O) groups excluding carboxylic acids is 2. The molecule has 5 rings (SSSR count). The Morgan fingerprint density at radius 2 is 1.69 bits per heavy atom. The molecule has 1 saturated carbocycles. The van der Waals surface area contributed by atoms with Crippen LogP contribution in [0.15, 0.2) is 11.1 Å². The quantitative estimate of drug-likeness (QED) is 0.182. The number of hydrogen-bond donors (Lipinski definition) is 7. The first-order valence-corrected chi connectivity index (χ1v) is 15.0. The van der Waals surface area contributed by atoms with Gasteiger partial charge in [-0.3, -0.25) is 30.9 Å². The van der Waals surface area contributed by atoms with Gasteiger partial charge < -0.3 is 20.9 Å². The van der Waals surface area contributed by atoms with Crippen LogP contribution in [0.25, 0.3) is 0 Å². The van der Waals surface area contributed by atoms with E-state index in [9.17, 15) is 9.59 Å². The van der Waals surface area contributed by atoms with Gasteiger partial charge in [-0.05, 0) is 38.0 Å². The van der Waals surface area contributed by atoms with Gasteiger partial charge in [-0.15, -0.1) is 11.8 Å². The highest BCUT2D eigenvalue weighted by atomic mass is 32.2. The molecule has 5 aliphatic rings. The molecule has 0 aromatic carbocycles. The van der Waals surface area contributed by atoms with E-state index in [1.54, 1.807) is 11.8 Å². The van der Waals surface area contributed by atoms with E-state index in [0.717, 1.165) is 49.3 Å². The number of hydrogen-bond acceptors (Lipinski definition) is 9. The van der Waals surface area contributed by atoms with Crippen molar-refractivity contribution in [2.24, 2.45) is 5.92 Å². The van der Waals surface area contributed by atoms with Crippen molar-refractivity contribution < 1.29 is 9.59 Å². The molecule has 4 fully saturated rings. The lowest BCUT2D eigenvalue weighted by Gasteiger charge is -2.42. The standard InChI is InChI=1S/C25H44N8O2S/c34-24(19-9-5-8-18(32-19)17-6-3-1-2-4-7-17)26-10-11-27-25(35)20-14-33(12-13-36-20)23-21-22(29-15-28-21)30-16-31-23/h14,17-19,21-23,28-32H,1-13,15-16H2,(H,26,34)(H,27,35). The van der Waals surface area contributed by atoms with Gasteiger partial charge in [0.25, 0.3) is 5.91 Å². The van der Waals surface area contributed by atoms with Crippen LogP contribution in [0.4, 0.5) is 0 Å². The Labute approximate surface area is 219 Å². The minimum atomic E-state index is -0.104. The summed E-state index contributed by atoms with van der Waals surface area (Å²) in [7, 11) is 0. The summed E-state index contributed by atoms with van der Waals surface area (Å²) in [5.74, 6) is 1.60. The van der Waals surface area contributed by atoms with E-state index in [1.807, 2.05) is 6.20 Å². The van der Waals surface area contributed by atoms with Crippen LogP contribution < -0.4 is 37.2 Å². The zero-order chi connectivity index (χ0) is 24.7. The molecule has 5 atom stereocenters. The molecule has 4 aliphatic heterocycles. The molecule has 0 aromatic rings. The Kier molecular flexibility index (Phi) is 9.42. The lowest BCUT2D eigenvalue weighted by atomic mass is 9.85. The van der Waals surface area contributed by atoms with Crippen LogP contribution >= 0.6 is 11.8 Å². The first kappa shape index (κ1) is 26.2. The maximum Gasteiger partial charge on any atom is 0.259 e. The van der Waals surface area contributed by atoms with E-state index < -0.39 is 0 Å². The van der Waals surface area contributed by atoms with Crippen LogP contribution in [0.3, 0.4) is 0 Å². The van der Waals surface area contributed by atoms with E-state index >= 15 is 0 Å². The fourth-order valence-electron chi connectivity index (χ4n) is 6.44. The third-order valence-electron chi connectivity index (χ3n) is 8.38.